The van der Waals surface area contributed by atoms with Crippen molar-refractivity contribution in [2.24, 2.45) is 0 Å². The fourth-order valence-corrected chi connectivity index (χ4v) is 2.47. The van der Waals surface area contributed by atoms with Crippen molar-refractivity contribution in [3.63, 3.8) is 0 Å². The van der Waals surface area contributed by atoms with Crippen molar-refractivity contribution in [2.75, 3.05) is 10.6 Å². The first-order valence-electron chi connectivity index (χ1n) is 6.70. The molecule has 2 aromatic rings. The summed E-state index contributed by atoms with van der Waals surface area (Å²) in [6.07, 6.45) is -0.184. The van der Waals surface area contributed by atoms with Crippen molar-refractivity contribution in [1.29, 1.82) is 0 Å². The molecule has 0 aliphatic carbocycles. The lowest BCUT2D eigenvalue weighted by Crippen LogP contribution is -2.21. The summed E-state index contributed by atoms with van der Waals surface area (Å²) < 4.78 is 27.0. The van der Waals surface area contributed by atoms with Gasteiger partial charge in [0.1, 0.15) is 17.3 Å². The summed E-state index contributed by atoms with van der Waals surface area (Å²) in [5.74, 6) is -3.30. The highest BCUT2D eigenvalue weighted by atomic mass is 19.1. The highest BCUT2D eigenvalue weighted by Gasteiger charge is 2.32. The first-order valence-corrected chi connectivity index (χ1v) is 6.70. The van der Waals surface area contributed by atoms with Crippen molar-refractivity contribution in [2.45, 2.75) is 12.3 Å². The fourth-order valence-electron chi connectivity index (χ4n) is 2.47. The molecule has 0 saturated heterocycles. The van der Waals surface area contributed by atoms with Gasteiger partial charge in [0.25, 0.3) is 0 Å². The Labute approximate surface area is 125 Å². The second-order valence-corrected chi connectivity index (χ2v) is 4.98. The minimum atomic E-state index is -0.857. The molecular weight excluding hydrogens is 290 g/mol. The molecular formula is C16H12F2N2O2. The third-order valence-corrected chi connectivity index (χ3v) is 3.53. The summed E-state index contributed by atoms with van der Waals surface area (Å²) in [5.41, 5.74) is 0.859. The van der Waals surface area contributed by atoms with Crippen LogP contribution in [-0.4, -0.2) is 11.8 Å². The van der Waals surface area contributed by atoms with Crippen molar-refractivity contribution in [3.8, 4) is 0 Å². The molecule has 1 unspecified atom stereocenters. The zero-order valence-electron chi connectivity index (χ0n) is 11.4. The Morgan fingerprint density at radius 1 is 1.09 bits per heavy atom. The average molecular weight is 302 g/mol. The molecule has 4 nitrogen and oxygen atoms in total. The predicted octanol–water partition coefficient (Wildman–Crippen LogP) is 3.03. The molecule has 0 fully saturated rings. The van der Waals surface area contributed by atoms with Crippen LogP contribution in [-0.2, 0) is 9.59 Å². The summed E-state index contributed by atoms with van der Waals surface area (Å²) in [6, 6.07) is 10.3. The molecule has 6 heteroatoms. The van der Waals surface area contributed by atoms with Crippen LogP contribution in [0.4, 0.5) is 20.2 Å². The van der Waals surface area contributed by atoms with Crippen molar-refractivity contribution in [1.82, 2.24) is 0 Å². The van der Waals surface area contributed by atoms with Crippen LogP contribution in [0.1, 0.15) is 17.9 Å². The zero-order valence-corrected chi connectivity index (χ0v) is 11.4. The summed E-state index contributed by atoms with van der Waals surface area (Å²) in [5, 5.41) is 4.86. The molecule has 112 valence electrons. The highest BCUT2D eigenvalue weighted by molar-refractivity contribution is 6.06. The third-order valence-electron chi connectivity index (χ3n) is 3.53. The summed E-state index contributed by atoms with van der Waals surface area (Å²) >= 11 is 0. The van der Waals surface area contributed by atoms with Crippen molar-refractivity contribution >= 4 is 23.2 Å². The molecule has 0 aromatic heterocycles. The summed E-state index contributed by atoms with van der Waals surface area (Å²) in [6.45, 7) is 0. The molecule has 0 bridgehead atoms. The number of amides is 2. The standard InChI is InChI=1S/C16H12F2N2O2/c17-11-5-3-6-12(18)15(11)20-14(21)8-10-9-4-1-2-7-13(9)19-16(10)22/h1-7,10H,8H2,(H,19,22)(H,20,21). The third kappa shape index (κ3) is 2.55. The highest BCUT2D eigenvalue weighted by Crippen LogP contribution is 2.34. The fraction of sp³-hybridized carbons (Fsp3) is 0.125. The van der Waals surface area contributed by atoms with Gasteiger partial charge in [0, 0.05) is 12.1 Å². The van der Waals surface area contributed by atoms with Crippen molar-refractivity contribution in [3.05, 3.63) is 59.7 Å². The Morgan fingerprint density at radius 3 is 2.50 bits per heavy atom. The van der Waals surface area contributed by atoms with Gasteiger partial charge in [-0.2, -0.15) is 0 Å². The van der Waals surface area contributed by atoms with Crippen LogP contribution in [0.3, 0.4) is 0 Å². The molecule has 0 radical (unpaired) electrons. The minimum Gasteiger partial charge on any atom is -0.325 e. The van der Waals surface area contributed by atoms with E-state index in [2.05, 4.69) is 10.6 Å². The number of para-hydroxylation sites is 2. The molecule has 2 N–H and O–H groups in total. The van der Waals surface area contributed by atoms with E-state index < -0.39 is 29.1 Å². The van der Waals surface area contributed by atoms with Gasteiger partial charge in [0.2, 0.25) is 11.8 Å². The maximum Gasteiger partial charge on any atom is 0.232 e. The molecule has 0 spiro atoms. The van der Waals surface area contributed by atoms with E-state index in [-0.39, 0.29) is 12.3 Å². The number of benzene rings is 2. The summed E-state index contributed by atoms with van der Waals surface area (Å²) in [7, 11) is 0. The van der Waals surface area contributed by atoms with Crippen LogP contribution in [0.5, 0.6) is 0 Å². The molecule has 1 aliphatic heterocycles. The van der Waals surface area contributed by atoms with Gasteiger partial charge >= 0.3 is 0 Å². The number of halogens is 2. The second-order valence-electron chi connectivity index (χ2n) is 4.98. The van der Waals surface area contributed by atoms with Crippen molar-refractivity contribution < 1.29 is 18.4 Å². The number of anilines is 2. The van der Waals surface area contributed by atoms with E-state index in [0.29, 0.717) is 11.3 Å². The number of rotatable bonds is 3. The normalized spacial score (nSPS) is 16.1. The first-order chi connectivity index (χ1) is 10.6. The van der Waals surface area contributed by atoms with Crippen LogP contribution in [0, 0.1) is 11.6 Å². The lowest BCUT2D eigenvalue weighted by molar-refractivity contribution is -0.122. The van der Waals surface area contributed by atoms with Gasteiger partial charge in [0.05, 0.1) is 5.92 Å². The lowest BCUT2D eigenvalue weighted by atomic mass is 9.97. The average Bonchev–Trinajstić information content (AvgIpc) is 2.79. The Balaban J connectivity index is 1.77. The molecule has 1 aliphatic rings. The van der Waals surface area contributed by atoms with Crippen LogP contribution in [0.25, 0.3) is 0 Å². The number of carbonyl (C=O) groups excluding carboxylic acids is 2. The topological polar surface area (TPSA) is 58.2 Å². The van der Waals surface area contributed by atoms with E-state index in [1.54, 1.807) is 24.3 Å². The second kappa shape index (κ2) is 5.55. The Morgan fingerprint density at radius 2 is 1.77 bits per heavy atom. The molecule has 22 heavy (non-hydrogen) atoms. The van der Waals surface area contributed by atoms with E-state index in [9.17, 15) is 18.4 Å². The van der Waals surface area contributed by atoms with E-state index in [1.807, 2.05) is 0 Å². The monoisotopic (exact) mass is 302 g/mol. The Kier molecular flexibility index (Phi) is 3.58. The number of fused-ring (bicyclic) bond motifs is 1. The van der Waals surface area contributed by atoms with Gasteiger partial charge in [0.15, 0.2) is 0 Å². The van der Waals surface area contributed by atoms with Crippen LogP contribution in [0.2, 0.25) is 0 Å². The van der Waals surface area contributed by atoms with Crippen LogP contribution >= 0.6 is 0 Å². The molecule has 2 aromatic carbocycles. The molecule has 0 saturated carbocycles. The van der Waals surface area contributed by atoms with E-state index in [0.717, 1.165) is 12.1 Å². The Bertz CT molecular complexity index is 741. The molecule has 2 amide bonds. The van der Waals surface area contributed by atoms with Gasteiger partial charge in [-0.1, -0.05) is 24.3 Å². The maximum atomic E-state index is 13.5. The summed E-state index contributed by atoms with van der Waals surface area (Å²) in [4.78, 5) is 23.9. The molecule has 1 heterocycles. The van der Waals surface area contributed by atoms with E-state index >= 15 is 0 Å². The van der Waals surface area contributed by atoms with E-state index in [1.165, 1.54) is 6.07 Å². The number of nitrogens with one attached hydrogen (secondary N) is 2. The minimum absolute atomic E-state index is 0.184. The SMILES string of the molecule is O=C(CC1C(=O)Nc2ccccc21)Nc1c(F)cccc1F. The quantitative estimate of drug-likeness (QED) is 0.915. The van der Waals surface area contributed by atoms with Crippen LogP contribution < -0.4 is 10.6 Å². The van der Waals surface area contributed by atoms with Gasteiger partial charge in [-0.05, 0) is 23.8 Å². The Hall–Kier alpha value is -2.76. The van der Waals surface area contributed by atoms with Gasteiger partial charge in [-0.25, -0.2) is 8.78 Å². The van der Waals surface area contributed by atoms with Crippen LogP contribution in [0.15, 0.2) is 42.5 Å². The zero-order chi connectivity index (χ0) is 15.7. The number of hydrogen-bond donors (Lipinski definition) is 2. The molecule has 1 atom stereocenters. The van der Waals surface area contributed by atoms with Gasteiger partial charge in [-0.15, -0.1) is 0 Å². The van der Waals surface area contributed by atoms with E-state index in [4.69, 9.17) is 0 Å². The molecule has 3 rings (SSSR count). The number of carbonyl (C=O) groups is 2. The van der Waals surface area contributed by atoms with Gasteiger partial charge < -0.3 is 10.6 Å². The van der Waals surface area contributed by atoms with Gasteiger partial charge in [-0.3, -0.25) is 9.59 Å². The predicted molar refractivity (Wildman–Crippen MR) is 77.4 cm³/mol. The number of hydrogen-bond acceptors (Lipinski definition) is 2. The largest absolute Gasteiger partial charge is 0.325 e. The smallest absolute Gasteiger partial charge is 0.232 e. The first kappa shape index (κ1) is 14.2. The maximum absolute atomic E-state index is 13.5. The lowest BCUT2D eigenvalue weighted by Gasteiger charge is -2.10.